The van der Waals surface area contributed by atoms with Crippen LogP contribution in [0, 0.1) is 5.92 Å². The van der Waals surface area contributed by atoms with Gasteiger partial charge in [0.25, 0.3) is 0 Å². The van der Waals surface area contributed by atoms with Crippen LogP contribution >= 0.6 is 7.82 Å². The number of hydrogen-bond acceptors (Lipinski definition) is 11. The molecule has 296 valence electrons. The molecule has 0 fully saturated rings. The van der Waals surface area contributed by atoms with Crippen LogP contribution in [0.15, 0.2) is 43.5 Å². The Balaban J connectivity index is 3.53. The van der Waals surface area contributed by atoms with E-state index in [4.69, 9.17) is 29.1 Å². The Bertz CT molecular complexity index is 1500. The number of primary amides is 1. The second-order valence-electron chi connectivity index (χ2n) is 13.3. The van der Waals surface area contributed by atoms with Gasteiger partial charge >= 0.3 is 19.8 Å². The van der Waals surface area contributed by atoms with Crippen molar-refractivity contribution in [1.82, 2.24) is 16.0 Å². The summed E-state index contributed by atoms with van der Waals surface area (Å²) >= 11 is 0. The van der Waals surface area contributed by atoms with E-state index >= 15 is 0 Å². The van der Waals surface area contributed by atoms with Gasteiger partial charge in [0.05, 0.1) is 19.6 Å². The van der Waals surface area contributed by atoms with Crippen LogP contribution in [0.3, 0.4) is 0 Å². The molecule has 0 aromatic heterocycles. The summed E-state index contributed by atoms with van der Waals surface area (Å²) < 4.78 is 48.6. The smallest absolute Gasteiger partial charge is 0.481 e. The van der Waals surface area contributed by atoms with Crippen LogP contribution in [-0.2, 0) is 60.2 Å². The van der Waals surface area contributed by atoms with Crippen molar-refractivity contribution in [1.29, 1.82) is 0 Å². The van der Waals surface area contributed by atoms with Crippen LogP contribution < -0.4 is 26.2 Å². The largest absolute Gasteiger partial charge is 0.530 e. The number of phosphoric acid groups is 1. The Morgan fingerprint density at radius 2 is 1.51 bits per heavy atom. The van der Waals surface area contributed by atoms with E-state index in [0.29, 0.717) is 0 Å². The van der Waals surface area contributed by atoms with Gasteiger partial charge in [0.2, 0.25) is 23.6 Å². The fourth-order valence-corrected chi connectivity index (χ4v) is 5.74. The maximum atomic E-state index is 14.3. The molecule has 0 bridgehead atoms. The lowest BCUT2D eigenvalue weighted by atomic mass is 9.99. The summed E-state index contributed by atoms with van der Waals surface area (Å²) in [6, 6.07) is -0.0644. The first kappa shape index (κ1) is 46.4. The number of carbonyl (C=O) groups excluding carboxylic acids is 5. The number of alkyl halides is 1. The van der Waals surface area contributed by atoms with E-state index in [-0.39, 0.29) is 61.7 Å². The number of benzene rings is 1. The van der Waals surface area contributed by atoms with E-state index in [1.54, 1.807) is 34.6 Å². The van der Waals surface area contributed by atoms with Crippen LogP contribution in [0.1, 0.15) is 77.8 Å². The molecule has 1 rings (SSSR count). The van der Waals surface area contributed by atoms with Crippen LogP contribution in [-0.4, -0.2) is 77.6 Å². The highest BCUT2D eigenvalue weighted by Crippen LogP contribution is 2.50. The average Bonchev–Trinajstić information content (AvgIpc) is 3.06. The number of carboxylic acid groups (broad SMARTS) is 1. The number of nitrogens with one attached hydrogen (secondary N) is 3. The molecule has 0 aliphatic heterocycles. The number of halogens is 1. The molecule has 53 heavy (non-hydrogen) atoms. The quantitative estimate of drug-likeness (QED) is 0.0545. The van der Waals surface area contributed by atoms with Gasteiger partial charge in [0.15, 0.2) is 0 Å². The second-order valence-corrected chi connectivity index (χ2v) is 14.9. The predicted octanol–water partition coefficient (Wildman–Crippen LogP) is 3.56. The van der Waals surface area contributed by atoms with Crippen molar-refractivity contribution >= 4 is 43.4 Å². The lowest BCUT2D eigenvalue weighted by Gasteiger charge is -2.26. The van der Waals surface area contributed by atoms with Crippen molar-refractivity contribution in [2.75, 3.05) is 13.2 Å². The SMILES string of the molecule is C=CCOP(=O)(OCC=C)Oc1ccc(C[C@H](NC(=O)[C@H](CCC(=O)OC(C)(C)C)NC(=O)CCC(=O)O)C(=O)N[C@@H](CC(C)C)C(N)=O)cc1CF. The molecule has 0 aliphatic carbocycles. The number of nitrogens with two attached hydrogens (primary N) is 1. The fraction of sp³-hybridized carbons (Fsp3) is 0.543. The van der Waals surface area contributed by atoms with E-state index in [9.17, 15) is 37.7 Å². The van der Waals surface area contributed by atoms with Crippen molar-refractivity contribution in [2.45, 2.75) is 104 Å². The summed E-state index contributed by atoms with van der Waals surface area (Å²) in [6.07, 6.45) is 0.844. The van der Waals surface area contributed by atoms with Gasteiger partial charge in [-0.15, -0.1) is 13.2 Å². The molecule has 6 N–H and O–H groups in total. The van der Waals surface area contributed by atoms with E-state index < -0.39 is 86.6 Å². The molecule has 0 saturated heterocycles. The Hall–Kier alpha value is -4.60. The van der Waals surface area contributed by atoms with Crippen LogP contribution in [0.2, 0.25) is 0 Å². The molecule has 1 aromatic carbocycles. The summed E-state index contributed by atoms with van der Waals surface area (Å²) in [4.78, 5) is 75.7. The number of esters is 1. The maximum Gasteiger partial charge on any atom is 0.530 e. The number of ether oxygens (including phenoxy) is 1. The molecule has 0 spiro atoms. The Labute approximate surface area is 309 Å². The van der Waals surface area contributed by atoms with Crippen molar-refractivity contribution < 1.29 is 61.1 Å². The number of hydrogen-bond donors (Lipinski definition) is 5. The molecule has 0 radical (unpaired) electrons. The molecule has 0 aliphatic rings. The molecule has 1 aromatic rings. The number of phosphoric ester groups is 1. The van der Waals surface area contributed by atoms with Crippen molar-refractivity contribution in [2.24, 2.45) is 11.7 Å². The Morgan fingerprint density at radius 1 is 0.925 bits per heavy atom. The predicted molar refractivity (Wildman–Crippen MR) is 192 cm³/mol. The summed E-state index contributed by atoms with van der Waals surface area (Å²) in [5, 5.41) is 16.5. The standard InChI is InChI=1S/C35H52FN4O12P/c1-8-16-49-53(48,50-17-9-2)52-28-12-10-23(19-24(28)21-36)20-27(34(47)39-26(32(37)45)18-22(3)4)40-33(46)25(38-29(41)13-14-30(42)43)11-15-31(44)51-35(5,6)7/h8-10,12,19,22,25-27H,1-2,11,13-18,20-21H2,3-7H3,(H2,37,45)(H,38,41)(H,39,47)(H,40,46)(H,42,43)/t25-,26-,27-/m0/s1. The molecule has 18 heteroatoms. The van der Waals surface area contributed by atoms with Crippen molar-refractivity contribution in [3.63, 3.8) is 0 Å². The maximum absolute atomic E-state index is 14.3. The molecule has 4 amide bonds. The number of carboxylic acids is 1. The molecule has 16 nitrogen and oxygen atoms in total. The summed E-state index contributed by atoms with van der Waals surface area (Å²) in [5.74, 6) is -5.62. The lowest BCUT2D eigenvalue weighted by molar-refractivity contribution is -0.155. The first-order valence-electron chi connectivity index (χ1n) is 16.8. The minimum absolute atomic E-state index is 0.0689. The Morgan fingerprint density at radius 3 is 2.02 bits per heavy atom. The van der Waals surface area contributed by atoms with E-state index in [1.807, 2.05) is 0 Å². The minimum atomic E-state index is -4.26. The normalized spacial score (nSPS) is 13.2. The lowest BCUT2D eigenvalue weighted by Crippen LogP contribution is -2.57. The molecular formula is C35H52FN4O12P. The fourth-order valence-electron chi connectivity index (χ4n) is 4.57. The number of amides is 4. The third-order valence-corrected chi connectivity index (χ3v) is 8.25. The molecule has 3 atom stereocenters. The molecular weight excluding hydrogens is 718 g/mol. The molecule has 0 heterocycles. The zero-order valence-corrected chi connectivity index (χ0v) is 31.7. The number of aliphatic carboxylic acids is 1. The minimum Gasteiger partial charge on any atom is -0.481 e. The van der Waals surface area contributed by atoms with Gasteiger partial charge in [-0.2, -0.15) is 0 Å². The number of carbonyl (C=O) groups is 6. The average molecular weight is 771 g/mol. The molecule has 0 saturated carbocycles. The highest BCUT2D eigenvalue weighted by Gasteiger charge is 2.32. The highest BCUT2D eigenvalue weighted by atomic mass is 31.2. The summed E-state index contributed by atoms with van der Waals surface area (Å²) in [7, 11) is -4.26. The Kier molecular flexibility index (Phi) is 19.7. The zero-order chi connectivity index (χ0) is 40.4. The van der Waals surface area contributed by atoms with E-state index in [1.165, 1.54) is 30.4 Å². The highest BCUT2D eigenvalue weighted by molar-refractivity contribution is 7.48. The zero-order valence-electron chi connectivity index (χ0n) is 30.8. The third kappa shape index (κ3) is 18.6. The second kappa shape index (κ2) is 22.5. The summed E-state index contributed by atoms with van der Waals surface area (Å²) in [6.45, 7) is 13.9. The van der Waals surface area contributed by atoms with E-state index in [2.05, 4.69) is 29.1 Å². The molecule has 0 unspecified atom stereocenters. The van der Waals surface area contributed by atoms with Crippen LogP contribution in [0.5, 0.6) is 5.75 Å². The first-order chi connectivity index (χ1) is 24.7. The topological polar surface area (TPSA) is 239 Å². The van der Waals surface area contributed by atoms with Crippen LogP contribution in [0.4, 0.5) is 4.39 Å². The summed E-state index contributed by atoms with van der Waals surface area (Å²) in [5.41, 5.74) is 4.84. The van der Waals surface area contributed by atoms with Gasteiger partial charge in [0.1, 0.15) is 36.2 Å². The van der Waals surface area contributed by atoms with Crippen molar-refractivity contribution in [3.8, 4) is 5.75 Å². The third-order valence-electron chi connectivity index (χ3n) is 6.89. The van der Waals surface area contributed by atoms with Gasteiger partial charge in [0, 0.05) is 24.8 Å². The van der Waals surface area contributed by atoms with Gasteiger partial charge < -0.3 is 36.1 Å². The number of rotatable bonds is 25. The van der Waals surface area contributed by atoms with E-state index in [0.717, 1.165) is 0 Å². The van der Waals surface area contributed by atoms with Gasteiger partial charge in [-0.3, -0.25) is 37.8 Å². The van der Waals surface area contributed by atoms with Gasteiger partial charge in [-0.1, -0.05) is 32.1 Å². The first-order valence-corrected chi connectivity index (χ1v) is 18.3. The van der Waals surface area contributed by atoms with Crippen molar-refractivity contribution in [3.05, 3.63) is 54.6 Å². The van der Waals surface area contributed by atoms with Gasteiger partial charge in [-0.05, 0) is 57.2 Å². The monoisotopic (exact) mass is 770 g/mol. The van der Waals surface area contributed by atoms with Gasteiger partial charge in [-0.25, -0.2) is 8.96 Å². The van der Waals surface area contributed by atoms with Crippen LogP contribution in [0.25, 0.3) is 0 Å².